The molecular formula is C22H33NO10. The largest absolute Gasteiger partial charge is 0.463 e. The lowest BCUT2D eigenvalue weighted by molar-refractivity contribution is -0.266. The van der Waals surface area contributed by atoms with Crippen molar-refractivity contribution in [2.24, 2.45) is 10.9 Å². The van der Waals surface area contributed by atoms with E-state index in [0.717, 1.165) is 25.7 Å². The second-order valence-electron chi connectivity index (χ2n) is 8.16. The Morgan fingerprint density at radius 1 is 0.848 bits per heavy atom. The summed E-state index contributed by atoms with van der Waals surface area (Å²) in [5.41, 5.74) is 0. The van der Waals surface area contributed by atoms with Crippen molar-refractivity contribution in [3.05, 3.63) is 0 Å². The number of esters is 4. The molecule has 186 valence electrons. The predicted octanol–water partition coefficient (Wildman–Crippen LogP) is 1.35. The van der Waals surface area contributed by atoms with Gasteiger partial charge in [-0.1, -0.05) is 0 Å². The minimum absolute atomic E-state index is 0.151. The van der Waals surface area contributed by atoms with Crippen molar-refractivity contribution in [2.75, 3.05) is 13.7 Å². The maximum atomic E-state index is 11.9. The Morgan fingerprint density at radius 3 is 1.94 bits per heavy atom. The minimum atomic E-state index is -1.24. The summed E-state index contributed by atoms with van der Waals surface area (Å²) in [5.74, 6) is -2.37. The Labute approximate surface area is 193 Å². The number of ether oxygens (including phenoxy) is 6. The molecule has 2 aliphatic rings. The van der Waals surface area contributed by atoms with Crippen LogP contribution in [0.2, 0.25) is 0 Å². The van der Waals surface area contributed by atoms with Crippen molar-refractivity contribution in [2.45, 2.75) is 90.1 Å². The van der Waals surface area contributed by atoms with Gasteiger partial charge in [0.2, 0.25) is 6.29 Å². The van der Waals surface area contributed by atoms with E-state index in [1.54, 1.807) is 13.3 Å². The van der Waals surface area contributed by atoms with Crippen LogP contribution in [0.4, 0.5) is 0 Å². The van der Waals surface area contributed by atoms with Crippen LogP contribution in [-0.2, 0) is 47.6 Å². The second-order valence-corrected chi connectivity index (χ2v) is 8.16. The first-order chi connectivity index (χ1) is 15.6. The Bertz CT molecular complexity index is 731. The van der Waals surface area contributed by atoms with E-state index in [1.165, 1.54) is 27.7 Å². The molecule has 1 aliphatic heterocycles. The normalized spacial score (nSPS) is 32.1. The van der Waals surface area contributed by atoms with Gasteiger partial charge in [0.25, 0.3) is 0 Å². The van der Waals surface area contributed by atoms with Gasteiger partial charge in [0.05, 0.1) is 6.10 Å². The average Bonchev–Trinajstić information content (AvgIpc) is 2.73. The van der Waals surface area contributed by atoms with Crippen LogP contribution in [-0.4, -0.2) is 80.6 Å². The number of hydrogen-bond donors (Lipinski definition) is 0. The van der Waals surface area contributed by atoms with Crippen molar-refractivity contribution in [1.82, 2.24) is 0 Å². The van der Waals surface area contributed by atoms with Gasteiger partial charge in [0, 0.05) is 41.0 Å². The average molecular weight is 472 g/mol. The SMILES string of the molecule is COC1CCC(C=NC2C(OC(C)=O)OC(COC(C)=O)C(OC(C)=O)C2OC(C)=O)CC1. The van der Waals surface area contributed by atoms with Gasteiger partial charge in [-0.3, -0.25) is 24.2 Å². The molecule has 0 spiro atoms. The third-order valence-electron chi connectivity index (χ3n) is 5.47. The summed E-state index contributed by atoms with van der Waals surface area (Å²) in [6, 6.07) is -0.990. The first-order valence-corrected chi connectivity index (χ1v) is 11.0. The zero-order valence-electron chi connectivity index (χ0n) is 19.7. The number of aliphatic imine (C=N–C) groups is 1. The molecule has 2 fully saturated rings. The fraction of sp³-hybridized carbons (Fsp3) is 0.773. The molecule has 33 heavy (non-hydrogen) atoms. The summed E-state index contributed by atoms with van der Waals surface area (Å²) in [5, 5.41) is 0. The zero-order chi connectivity index (χ0) is 24.5. The maximum absolute atomic E-state index is 11.9. The van der Waals surface area contributed by atoms with Crippen molar-refractivity contribution in [3.63, 3.8) is 0 Å². The molecule has 5 unspecified atom stereocenters. The summed E-state index contributed by atoms with van der Waals surface area (Å²) in [7, 11) is 1.69. The van der Waals surface area contributed by atoms with Crippen LogP contribution in [0.3, 0.4) is 0 Å². The molecule has 0 bridgehead atoms. The minimum Gasteiger partial charge on any atom is -0.463 e. The van der Waals surface area contributed by atoms with Crippen molar-refractivity contribution < 1.29 is 47.6 Å². The standard InChI is InChI=1S/C22H33NO10/c1-12(24)29-11-18-20(30-13(2)25)21(31-14(3)26)19(22(33-18)32-15(4)27)23-10-16-6-8-17(28-5)9-7-16/h10,16-22H,6-9,11H2,1-5H3. The molecule has 0 radical (unpaired) electrons. The number of carbonyl (C=O) groups excluding carboxylic acids is 4. The summed E-state index contributed by atoms with van der Waals surface area (Å²) in [4.78, 5) is 51.3. The van der Waals surface area contributed by atoms with E-state index >= 15 is 0 Å². The number of carbonyl (C=O) groups is 4. The molecule has 1 saturated carbocycles. The highest BCUT2D eigenvalue weighted by Gasteiger charge is 2.51. The number of methoxy groups -OCH3 is 1. The van der Waals surface area contributed by atoms with E-state index in [1.807, 2.05) is 0 Å². The molecule has 1 heterocycles. The Hall–Kier alpha value is -2.53. The van der Waals surface area contributed by atoms with E-state index in [0.29, 0.717) is 0 Å². The molecular weight excluding hydrogens is 438 g/mol. The van der Waals surface area contributed by atoms with Gasteiger partial charge < -0.3 is 28.4 Å². The van der Waals surface area contributed by atoms with Crippen LogP contribution in [0, 0.1) is 5.92 Å². The lowest BCUT2D eigenvalue weighted by atomic mass is 9.88. The van der Waals surface area contributed by atoms with Crippen molar-refractivity contribution in [1.29, 1.82) is 0 Å². The zero-order valence-corrected chi connectivity index (χ0v) is 19.7. The molecule has 2 rings (SSSR count). The summed E-state index contributed by atoms with van der Waals surface area (Å²) >= 11 is 0. The molecule has 0 amide bonds. The summed E-state index contributed by atoms with van der Waals surface area (Å²) in [6.45, 7) is 4.51. The molecule has 0 aromatic rings. The maximum Gasteiger partial charge on any atom is 0.305 e. The highest BCUT2D eigenvalue weighted by molar-refractivity contribution is 5.68. The molecule has 11 heteroatoms. The molecule has 0 aromatic carbocycles. The molecule has 1 saturated heterocycles. The first kappa shape index (κ1) is 26.7. The third-order valence-corrected chi connectivity index (χ3v) is 5.47. The van der Waals surface area contributed by atoms with Gasteiger partial charge in [-0.05, 0) is 31.6 Å². The Balaban J connectivity index is 2.34. The van der Waals surface area contributed by atoms with Crippen LogP contribution in [0.15, 0.2) is 4.99 Å². The second kappa shape index (κ2) is 12.6. The number of rotatable bonds is 8. The third kappa shape index (κ3) is 8.39. The lowest BCUT2D eigenvalue weighted by Gasteiger charge is -2.43. The molecule has 1 aliphatic carbocycles. The van der Waals surface area contributed by atoms with Gasteiger partial charge in [-0.25, -0.2) is 0 Å². The highest BCUT2D eigenvalue weighted by atomic mass is 16.7. The van der Waals surface area contributed by atoms with Gasteiger partial charge >= 0.3 is 23.9 Å². The van der Waals surface area contributed by atoms with Crippen molar-refractivity contribution in [3.8, 4) is 0 Å². The summed E-state index contributed by atoms with van der Waals surface area (Å²) < 4.78 is 32.4. The fourth-order valence-electron chi connectivity index (χ4n) is 4.00. The van der Waals surface area contributed by atoms with E-state index < -0.39 is 54.5 Å². The van der Waals surface area contributed by atoms with Gasteiger partial charge in [-0.15, -0.1) is 0 Å². The van der Waals surface area contributed by atoms with Gasteiger partial charge in [-0.2, -0.15) is 0 Å². The van der Waals surface area contributed by atoms with E-state index in [2.05, 4.69) is 4.99 Å². The van der Waals surface area contributed by atoms with Crippen LogP contribution in [0.25, 0.3) is 0 Å². The van der Waals surface area contributed by atoms with E-state index in [-0.39, 0.29) is 18.6 Å². The summed E-state index contributed by atoms with van der Waals surface area (Å²) in [6.07, 6.45) is 0.880. The van der Waals surface area contributed by atoms with Crippen molar-refractivity contribution >= 4 is 30.1 Å². The smallest absolute Gasteiger partial charge is 0.305 e. The number of nitrogens with zero attached hydrogens (tertiary/aromatic N) is 1. The topological polar surface area (TPSA) is 136 Å². The number of hydrogen-bond acceptors (Lipinski definition) is 11. The van der Waals surface area contributed by atoms with Gasteiger partial charge in [0.15, 0.2) is 18.2 Å². The molecule has 0 N–H and O–H groups in total. The highest BCUT2D eigenvalue weighted by Crippen LogP contribution is 2.31. The fourth-order valence-corrected chi connectivity index (χ4v) is 4.00. The van der Waals surface area contributed by atoms with E-state index in [9.17, 15) is 19.2 Å². The van der Waals surface area contributed by atoms with E-state index in [4.69, 9.17) is 28.4 Å². The Morgan fingerprint density at radius 2 is 1.42 bits per heavy atom. The van der Waals surface area contributed by atoms with Crippen LogP contribution >= 0.6 is 0 Å². The van der Waals surface area contributed by atoms with Crippen LogP contribution in [0.1, 0.15) is 53.4 Å². The molecule has 5 atom stereocenters. The quantitative estimate of drug-likeness (QED) is 0.290. The molecule has 0 aromatic heterocycles. The van der Waals surface area contributed by atoms with Crippen LogP contribution in [0.5, 0.6) is 0 Å². The predicted molar refractivity (Wildman–Crippen MR) is 113 cm³/mol. The lowest BCUT2D eigenvalue weighted by Crippen LogP contribution is -2.61. The van der Waals surface area contributed by atoms with Crippen LogP contribution < -0.4 is 0 Å². The first-order valence-electron chi connectivity index (χ1n) is 11.0. The monoisotopic (exact) mass is 471 g/mol. The van der Waals surface area contributed by atoms with Gasteiger partial charge in [0.1, 0.15) is 12.7 Å². The molecule has 11 nitrogen and oxygen atoms in total. The Kier molecular flexibility index (Phi) is 10.2.